The summed E-state index contributed by atoms with van der Waals surface area (Å²) in [6, 6.07) is 8.85. The molecule has 112 valence electrons. The highest BCUT2D eigenvalue weighted by atomic mass is 35.5. The van der Waals surface area contributed by atoms with Crippen molar-refractivity contribution in [1.82, 2.24) is 0 Å². The quantitative estimate of drug-likeness (QED) is 0.825. The van der Waals surface area contributed by atoms with Crippen molar-refractivity contribution in [1.29, 1.82) is 0 Å². The Hall–Kier alpha value is -2.27. The minimum Gasteiger partial charge on any atom is -0.495 e. The summed E-state index contributed by atoms with van der Waals surface area (Å²) in [6.45, 7) is 0. The van der Waals surface area contributed by atoms with E-state index in [1.165, 1.54) is 0 Å². The predicted molar refractivity (Wildman–Crippen MR) is 85.2 cm³/mol. The molecule has 0 saturated heterocycles. The number of anilines is 3. The molecule has 0 aliphatic rings. The molecular weight excluding hydrogens is 292 g/mol. The van der Waals surface area contributed by atoms with Crippen molar-refractivity contribution < 1.29 is 14.2 Å². The Bertz CT molecular complexity index is 647. The van der Waals surface area contributed by atoms with E-state index >= 15 is 0 Å². The zero-order chi connectivity index (χ0) is 15.4. The normalized spacial score (nSPS) is 10.1. The number of halogens is 1. The van der Waals surface area contributed by atoms with Crippen LogP contribution in [0.5, 0.6) is 17.2 Å². The number of methoxy groups -OCH3 is 3. The molecule has 0 unspecified atom stereocenters. The number of ether oxygens (including phenoxy) is 3. The fourth-order valence-corrected chi connectivity index (χ4v) is 2.09. The van der Waals surface area contributed by atoms with E-state index in [2.05, 4.69) is 5.32 Å². The Morgan fingerprint density at radius 3 is 2.14 bits per heavy atom. The first-order chi connectivity index (χ1) is 10.1. The van der Waals surface area contributed by atoms with E-state index in [9.17, 15) is 0 Å². The lowest BCUT2D eigenvalue weighted by atomic mass is 10.2. The van der Waals surface area contributed by atoms with Gasteiger partial charge < -0.3 is 25.3 Å². The Labute approximate surface area is 128 Å². The zero-order valence-corrected chi connectivity index (χ0v) is 12.8. The zero-order valence-electron chi connectivity index (χ0n) is 12.1. The third kappa shape index (κ3) is 3.25. The third-order valence-electron chi connectivity index (χ3n) is 2.99. The van der Waals surface area contributed by atoms with Crippen LogP contribution in [0.25, 0.3) is 0 Å². The van der Waals surface area contributed by atoms with Crippen LogP contribution in [-0.2, 0) is 0 Å². The first-order valence-corrected chi connectivity index (χ1v) is 6.59. The molecule has 6 heteroatoms. The Kier molecular flexibility index (Phi) is 4.65. The Morgan fingerprint density at radius 1 is 0.905 bits per heavy atom. The first-order valence-electron chi connectivity index (χ1n) is 6.21. The summed E-state index contributed by atoms with van der Waals surface area (Å²) in [6.07, 6.45) is 0. The van der Waals surface area contributed by atoms with E-state index in [0.29, 0.717) is 33.6 Å². The summed E-state index contributed by atoms with van der Waals surface area (Å²) in [4.78, 5) is 0. The Morgan fingerprint density at radius 2 is 1.52 bits per heavy atom. The second-order valence-electron chi connectivity index (χ2n) is 4.27. The van der Waals surface area contributed by atoms with Gasteiger partial charge in [-0.2, -0.15) is 0 Å². The maximum Gasteiger partial charge on any atom is 0.162 e. The van der Waals surface area contributed by atoms with Crippen LogP contribution in [0.2, 0.25) is 5.02 Å². The number of nitrogens with two attached hydrogens (primary N) is 1. The van der Waals surface area contributed by atoms with Gasteiger partial charge in [0, 0.05) is 23.9 Å². The number of rotatable bonds is 5. The van der Waals surface area contributed by atoms with Gasteiger partial charge in [-0.3, -0.25) is 0 Å². The average molecular weight is 309 g/mol. The minimum atomic E-state index is 0.543. The van der Waals surface area contributed by atoms with Crippen molar-refractivity contribution in [3.8, 4) is 17.2 Å². The van der Waals surface area contributed by atoms with Gasteiger partial charge in [-0.1, -0.05) is 11.6 Å². The minimum absolute atomic E-state index is 0.543. The summed E-state index contributed by atoms with van der Waals surface area (Å²) < 4.78 is 15.7. The lowest BCUT2D eigenvalue weighted by Crippen LogP contribution is -1.99. The van der Waals surface area contributed by atoms with E-state index in [-0.39, 0.29) is 0 Å². The van der Waals surface area contributed by atoms with Gasteiger partial charge in [-0.25, -0.2) is 0 Å². The highest BCUT2D eigenvalue weighted by Gasteiger charge is 2.10. The van der Waals surface area contributed by atoms with Gasteiger partial charge in [0.05, 0.1) is 37.7 Å². The van der Waals surface area contributed by atoms with Gasteiger partial charge in [0.2, 0.25) is 0 Å². The summed E-state index contributed by atoms with van der Waals surface area (Å²) in [7, 11) is 4.70. The lowest BCUT2D eigenvalue weighted by molar-refractivity contribution is 0.355. The molecule has 0 amide bonds. The van der Waals surface area contributed by atoms with Crippen molar-refractivity contribution in [2.24, 2.45) is 0 Å². The van der Waals surface area contributed by atoms with Crippen LogP contribution >= 0.6 is 11.6 Å². The van der Waals surface area contributed by atoms with Gasteiger partial charge in [0.1, 0.15) is 5.75 Å². The molecule has 0 radical (unpaired) electrons. The first kappa shape index (κ1) is 15.1. The van der Waals surface area contributed by atoms with Gasteiger partial charge in [0.15, 0.2) is 11.5 Å². The predicted octanol–water partition coefficient (Wildman–Crippen LogP) is 3.69. The second-order valence-corrected chi connectivity index (χ2v) is 4.68. The van der Waals surface area contributed by atoms with Crippen LogP contribution < -0.4 is 25.3 Å². The van der Waals surface area contributed by atoms with Crippen LogP contribution in [0.15, 0.2) is 30.3 Å². The number of hydrogen-bond donors (Lipinski definition) is 2. The second kappa shape index (κ2) is 6.45. The standard InChI is InChI=1S/C15H17ClN2O3/c1-19-13-6-9(4-5-10(13)16)18-12-8-15(21-3)14(20-2)7-11(12)17/h4-8,18H,17H2,1-3H3. The SMILES string of the molecule is COc1cc(Nc2cc(OC)c(OC)cc2N)ccc1Cl. The molecule has 3 N–H and O–H groups in total. The van der Waals surface area contributed by atoms with Crippen LogP contribution in [0, 0.1) is 0 Å². The van der Waals surface area contributed by atoms with Crippen molar-refractivity contribution in [2.75, 3.05) is 32.4 Å². The average Bonchev–Trinajstić information content (AvgIpc) is 2.50. The molecule has 0 spiro atoms. The molecule has 2 aromatic carbocycles. The summed E-state index contributed by atoms with van der Waals surface area (Å²) in [5.74, 6) is 1.75. The monoisotopic (exact) mass is 308 g/mol. The van der Waals surface area contributed by atoms with Gasteiger partial charge >= 0.3 is 0 Å². The van der Waals surface area contributed by atoms with E-state index in [4.69, 9.17) is 31.5 Å². The van der Waals surface area contributed by atoms with Gasteiger partial charge in [-0.15, -0.1) is 0 Å². The molecule has 0 bridgehead atoms. The number of nitrogens with one attached hydrogen (secondary N) is 1. The molecular formula is C15H17ClN2O3. The van der Waals surface area contributed by atoms with Crippen molar-refractivity contribution in [3.63, 3.8) is 0 Å². The molecule has 5 nitrogen and oxygen atoms in total. The molecule has 0 aliphatic carbocycles. The smallest absolute Gasteiger partial charge is 0.162 e. The highest BCUT2D eigenvalue weighted by molar-refractivity contribution is 6.32. The summed E-state index contributed by atoms with van der Waals surface area (Å²) in [5.41, 5.74) is 8.06. The van der Waals surface area contributed by atoms with E-state index in [0.717, 1.165) is 5.69 Å². The number of nitrogen functional groups attached to an aromatic ring is 1. The molecule has 0 fully saturated rings. The van der Waals surface area contributed by atoms with Crippen molar-refractivity contribution in [2.45, 2.75) is 0 Å². The van der Waals surface area contributed by atoms with Crippen LogP contribution in [0.3, 0.4) is 0 Å². The summed E-state index contributed by atoms with van der Waals surface area (Å²) in [5, 5.41) is 3.75. The molecule has 2 rings (SSSR count). The number of benzene rings is 2. The maximum absolute atomic E-state index is 6.01. The summed E-state index contributed by atoms with van der Waals surface area (Å²) >= 11 is 6.00. The fraction of sp³-hybridized carbons (Fsp3) is 0.200. The lowest BCUT2D eigenvalue weighted by Gasteiger charge is -2.15. The topological polar surface area (TPSA) is 65.7 Å². The van der Waals surface area contributed by atoms with Crippen LogP contribution in [0.1, 0.15) is 0 Å². The van der Waals surface area contributed by atoms with E-state index in [1.54, 1.807) is 45.6 Å². The molecule has 21 heavy (non-hydrogen) atoms. The Balaban J connectivity index is 2.35. The van der Waals surface area contributed by atoms with Crippen LogP contribution in [-0.4, -0.2) is 21.3 Å². The van der Waals surface area contributed by atoms with E-state index < -0.39 is 0 Å². The molecule has 0 heterocycles. The number of hydrogen-bond acceptors (Lipinski definition) is 5. The molecule has 0 saturated carbocycles. The van der Waals surface area contributed by atoms with Crippen LogP contribution in [0.4, 0.5) is 17.1 Å². The van der Waals surface area contributed by atoms with Crippen molar-refractivity contribution >= 4 is 28.7 Å². The van der Waals surface area contributed by atoms with Gasteiger partial charge in [0.25, 0.3) is 0 Å². The highest BCUT2D eigenvalue weighted by Crippen LogP contribution is 2.37. The van der Waals surface area contributed by atoms with E-state index in [1.807, 2.05) is 6.07 Å². The maximum atomic E-state index is 6.01. The fourth-order valence-electron chi connectivity index (χ4n) is 1.90. The molecule has 0 atom stereocenters. The molecule has 0 aliphatic heterocycles. The van der Waals surface area contributed by atoms with Gasteiger partial charge in [-0.05, 0) is 12.1 Å². The third-order valence-corrected chi connectivity index (χ3v) is 3.30. The molecule has 0 aromatic heterocycles. The molecule has 2 aromatic rings. The largest absolute Gasteiger partial charge is 0.495 e. The van der Waals surface area contributed by atoms with Crippen molar-refractivity contribution in [3.05, 3.63) is 35.4 Å².